The molecule has 1 N–H and O–H groups in total. The molecule has 0 spiro atoms. The van der Waals surface area contributed by atoms with Crippen molar-refractivity contribution >= 4 is 11.0 Å². The van der Waals surface area contributed by atoms with Gasteiger partial charge in [0.2, 0.25) is 0 Å². The van der Waals surface area contributed by atoms with E-state index in [0.717, 1.165) is 0 Å². The number of rotatable bonds is 1. The third kappa shape index (κ3) is 1.35. The molecule has 2 rings (SSSR count). The Hall–Kier alpha value is -1.84. The Labute approximate surface area is 78.4 Å². The summed E-state index contributed by atoms with van der Waals surface area (Å²) < 4.78 is 17.3. The van der Waals surface area contributed by atoms with Gasteiger partial charge in [0.05, 0.1) is 0 Å². The summed E-state index contributed by atoms with van der Waals surface area (Å²) in [6.07, 6.45) is 0. The Balaban J connectivity index is 2.87. The van der Waals surface area contributed by atoms with E-state index in [2.05, 4.69) is 0 Å². The first-order chi connectivity index (χ1) is 6.70. The third-order valence-corrected chi connectivity index (χ3v) is 1.95. The topological polar surface area (TPSA) is 50.4 Å². The SMILES string of the molecule is O=c1ccc2c(CF)cc(O)cc2o1. The molecule has 0 radical (unpaired) electrons. The number of hydrogen-bond donors (Lipinski definition) is 1. The van der Waals surface area contributed by atoms with Crippen molar-refractivity contribution in [3.8, 4) is 5.75 Å². The van der Waals surface area contributed by atoms with Crippen LogP contribution in [0, 0.1) is 0 Å². The van der Waals surface area contributed by atoms with E-state index in [4.69, 9.17) is 4.42 Å². The van der Waals surface area contributed by atoms with Gasteiger partial charge in [-0.25, -0.2) is 9.18 Å². The second-order valence-corrected chi connectivity index (χ2v) is 2.90. The molecule has 0 aliphatic rings. The number of aromatic hydroxyl groups is 1. The molecule has 3 nitrogen and oxygen atoms in total. The zero-order valence-corrected chi connectivity index (χ0v) is 7.16. The van der Waals surface area contributed by atoms with Gasteiger partial charge >= 0.3 is 5.63 Å². The van der Waals surface area contributed by atoms with Crippen molar-refractivity contribution in [2.24, 2.45) is 0 Å². The maximum atomic E-state index is 12.5. The molecule has 2 aromatic rings. The van der Waals surface area contributed by atoms with Gasteiger partial charge in [0.25, 0.3) is 0 Å². The third-order valence-electron chi connectivity index (χ3n) is 1.95. The van der Waals surface area contributed by atoms with Gasteiger partial charge in [-0.05, 0) is 17.7 Å². The maximum Gasteiger partial charge on any atom is 0.336 e. The number of hydrogen-bond acceptors (Lipinski definition) is 3. The van der Waals surface area contributed by atoms with E-state index < -0.39 is 12.3 Å². The van der Waals surface area contributed by atoms with Gasteiger partial charge in [0, 0.05) is 17.5 Å². The highest BCUT2D eigenvalue weighted by atomic mass is 19.1. The molecule has 0 aliphatic heterocycles. The van der Waals surface area contributed by atoms with Crippen molar-refractivity contribution in [2.45, 2.75) is 6.67 Å². The Bertz CT molecular complexity index is 530. The van der Waals surface area contributed by atoms with E-state index >= 15 is 0 Å². The molecule has 4 heteroatoms. The second kappa shape index (κ2) is 3.14. The molecular formula is C10H7FO3. The van der Waals surface area contributed by atoms with Gasteiger partial charge in [-0.15, -0.1) is 0 Å². The number of halogens is 1. The van der Waals surface area contributed by atoms with Crippen LogP contribution in [0.3, 0.4) is 0 Å². The fourth-order valence-corrected chi connectivity index (χ4v) is 1.35. The summed E-state index contributed by atoms with van der Waals surface area (Å²) in [5.74, 6) is -0.112. The lowest BCUT2D eigenvalue weighted by atomic mass is 10.1. The number of benzene rings is 1. The van der Waals surface area contributed by atoms with Crippen LogP contribution >= 0.6 is 0 Å². The molecular weight excluding hydrogens is 187 g/mol. The Morgan fingerprint density at radius 3 is 2.86 bits per heavy atom. The van der Waals surface area contributed by atoms with Crippen molar-refractivity contribution in [3.63, 3.8) is 0 Å². The van der Waals surface area contributed by atoms with E-state index in [0.29, 0.717) is 10.9 Å². The number of phenolic OH excluding ortho intramolecular Hbond substituents is 1. The van der Waals surface area contributed by atoms with Crippen molar-refractivity contribution < 1.29 is 13.9 Å². The van der Waals surface area contributed by atoms with Crippen molar-refractivity contribution in [2.75, 3.05) is 0 Å². The Kier molecular flexibility index (Phi) is 1.96. The molecule has 0 amide bonds. The van der Waals surface area contributed by atoms with E-state index in [-0.39, 0.29) is 11.3 Å². The van der Waals surface area contributed by atoms with Crippen LogP contribution < -0.4 is 5.63 Å². The summed E-state index contributed by atoms with van der Waals surface area (Å²) in [5, 5.41) is 9.71. The lowest BCUT2D eigenvalue weighted by Gasteiger charge is -2.01. The predicted molar refractivity (Wildman–Crippen MR) is 49.0 cm³/mol. The molecule has 0 atom stereocenters. The van der Waals surface area contributed by atoms with Gasteiger partial charge in [-0.2, -0.15) is 0 Å². The summed E-state index contributed by atoms with van der Waals surface area (Å²) in [4.78, 5) is 10.9. The number of alkyl halides is 1. The minimum absolute atomic E-state index is 0.112. The molecule has 14 heavy (non-hydrogen) atoms. The van der Waals surface area contributed by atoms with E-state index in [9.17, 15) is 14.3 Å². The van der Waals surface area contributed by atoms with E-state index in [1.54, 1.807) is 0 Å². The van der Waals surface area contributed by atoms with Crippen LogP contribution in [0.5, 0.6) is 5.75 Å². The first-order valence-corrected chi connectivity index (χ1v) is 4.02. The first kappa shape index (κ1) is 8.74. The molecule has 1 heterocycles. The molecule has 72 valence electrons. The van der Waals surface area contributed by atoms with Gasteiger partial charge in [0.15, 0.2) is 0 Å². The van der Waals surface area contributed by atoms with Gasteiger partial charge in [-0.3, -0.25) is 0 Å². The smallest absolute Gasteiger partial charge is 0.336 e. The van der Waals surface area contributed by atoms with Gasteiger partial charge < -0.3 is 9.52 Å². The molecule has 0 unspecified atom stereocenters. The first-order valence-electron chi connectivity index (χ1n) is 4.02. The highest BCUT2D eigenvalue weighted by Gasteiger charge is 2.05. The molecule has 0 saturated carbocycles. The van der Waals surface area contributed by atoms with Crippen LogP contribution in [-0.2, 0) is 6.67 Å². The predicted octanol–water partition coefficient (Wildman–Crippen LogP) is 1.97. The summed E-state index contributed by atoms with van der Waals surface area (Å²) in [7, 11) is 0. The van der Waals surface area contributed by atoms with E-state index in [1.807, 2.05) is 0 Å². The summed E-state index contributed by atoms with van der Waals surface area (Å²) in [5.41, 5.74) is -0.0122. The molecule has 0 bridgehead atoms. The molecule has 1 aromatic carbocycles. The monoisotopic (exact) mass is 194 g/mol. The van der Waals surface area contributed by atoms with E-state index in [1.165, 1.54) is 24.3 Å². The highest BCUT2D eigenvalue weighted by Crippen LogP contribution is 2.24. The minimum atomic E-state index is -0.710. The standard InChI is InChI=1S/C10H7FO3/c11-5-6-3-7(12)4-9-8(6)1-2-10(13)14-9/h1-4,12H,5H2. The molecule has 0 aliphatic carbocycles. The zero-order chi connectivity index (χ0) is 10.1. The summed E-state index contributed by atoms with van der Waals surface area (Å²) in [6.45, 7) is -0.710. The number of phenols is 1. The second-order valence-electron chi connectivity index (χ2n) is 2.90. The van der Waals surface area contributed by atoms with Crippen LogP contribution in [-0.4, -0.2) is 5.11 Å². The van der Waals surface area contributed by atoms with Crippen LogP contribution in [0.25, 0.3) is 11.0 Å². The normalized spacial score (nSPS) is 10.6. The Morgan fingerprint density at radius 1 is 1.36 bits per heavy atom. The van der Waals surface area contributed by atoms with Gasteiger partial charge in [0.1, 0.15) is 18.0 Å². The van der Waals surface area contributed by atoms with Crippen molar-refractivity contribution in [1.82, 2.24) is 0 Å². The lowest BCUT2D eigenvalue weighted by Crippen LogP contribution is -1.95. The molecule has 1 aromatic heterocycles. The summed E-state index contributed by atoms with van der Waals surface area (Å²) in [6, 6.07) is 5.30. The molecule has 0 fully saturated rings. The fraction of sp³-hybridized carbons (Fsp3) is 0.100. The Morgan fingerprint density at radius 2 is 2.14 bits per heavy atom. The summed E-state index contributed by atoms with van der Waals surface area (Å²) >= 11 is 0. The highest BCUT2D eigenvalue weighted by molar-refractivity contribution is 5.81. The van der Waals surface area contributed by atoms with Gasteiger partial charge in [-0.1, -0.05) is 0 Å². The van der Waals surface area contributed by atoms with Crippen molar-refractivity contribution in [3.05, 3.63) is 40.2 Å². The van der Waals surface area contributed by atoms with Crippen LogP contribution in [0.2, 0.25) is 0 Å². The largest absolute Gasteiger partial charge is 0.508 e. The lowest BCUT2D eigenvalue weighted by molar-refractivity contribution is 0.461. The average molecular weight is 194 g/mol. The van der Waals surface area contributed by atoms with Crippen LogP contribution in [0.1, 0.15) is 5.56 Å². The minimum Gasteiger partial charge on any atom is -0.508 e. The molecule has 0 saturated heterocycles. The van der Waals surface area contributed by atoms with Crippen LogP contribution in [0.4, 0.5) is 4.39 Å². The fourth-order valence-electron chi connectivity index (χ4n) is 1.35. The maximum absolute atomic E-state index is 12.5. The number of fused-ring (bicyclic) bond motifs is 1. The average Bonchev–Trinajstić information content (AvgIpc) is 2.15. The zero-order valence-electron chi connectivity index (χ0n) is 7.16. The quantitative estimate of drug-likeness (QED) is 0.706. The van der Waals surface area contributed by atoms with Crippen molar-refractivity contribution in [1.29, 1.82) is 0 Å². The van der Waals surface area contributed by atoms with Crippen LogP contribution in [0.15, 0.2) is 33.5 Å².